The van der Waals surface area contributed by atoms with Crippen LogP contribution in [-0.4, -0.2) is 26.4 Å². The molecule has 144 valence electrons. The fourth-order valence-corrected chi connectivity index (χ4v) is 4.49. The quantitative estimate of drug-likeness (QED) is 0.467. The first-order chi connectivity index (χ1) is 13.1. The van der Waals surface area contributed by atoms with Crippen LogP contribution in [0.25, 0.3) is 0 Å². The average Bonchev–Trinajstić information content (AvgIpc) is 3.06. The van der Waals surface area contributed by atoms with E-state index >= 15 is 0 Å². The number of aromatic nitrogens is 3. The van der Waals surface area contributed by atoms with Gasteiger partial charge in [-0.1, -0.05) is 60.3 Å². The molecular formula is C19H22Cl2N4OS. The van der Waals surface area contributed by atoms with Gasteiger partial charge in [0.15, 0.2) is 5.16 Å². The number of carbonyl (C=O) groups excluding carboxylic acids is 1. The zero-order chi connectivity index (χ0) is 19.2. The SMILES string of the molecule is C=CCn1c(SCC(=O)Nc2ccc(Cl)cc2Cl)nnc1C1CCCCC1. The third-order valence-corrected chi connectivity index (χ3v) is 6.08. The zero-order valence-electron chi connectivity index (χ0n) is 15.0. The van der Waals surface area contributed by atoms with E-state index in [0.717, 1.165) is 23.8 Å². The Balaban J connectivity index is 1.65. The van der Waals surface area contributed by atoms with Gasteiger partial charge in [0.2, 0.25) is 5.91 Å². The Bertz CT molecular complexity index is 818. The molecule has 1 fully saturated rings. The second kappa shape index (κ2) is 9.62. The predicted octanol–water partition coefficient (Wildman–Crippen LogP) is 5.55. The lowest BCUT2D eigenvalue weighted by Gasteiger charge is -2.21. The summed E-state index contributed by atoms with van der Waals surface area (Å²) >= 11 is 13.4. The lowest BCUT2D eigenvalue weighted by molar-refractivity contribution is -0.113. The van der Waals surface area contributed by atoms with Crippen LogP contribution in [0.4, 0.5) is 5.69 Å². The van der Waals surface area contributed by atoms with Crippen molar-refractivity contribution in [1.29, 1.82) is 0 Å². The molecule has 1 heterocycles. The maximum absolute atomic E-state index is 12.3. The van der Waals surface area contributed by atoms with Crippen LogP contribution in [0.2, 0.25) is 10.0 Å². The summed E-state index contributed by atoms with van der Waals surface area (Å²) in [7, 11) is 0. The van der Waals surface area contributed by atoms with Crippen LogP contribution in [0, 0.1) is 0 Å². The molecule has 27 heavy (non-hydrogen) atoms. The van der Waals surface area contributed by atoms with Gasteiger partial charge in [0.1, 0.15) is 5.82 Å². The van der Waals surface area contributed by atoms with Gasteiger partial charge in [-0.05, 0) is 31.0 Å². The topological polar surface area (TPSA) is 59.8 Å². The molecule has 1 aliphatic rings. The van der Waals surface area contributed by atoms with Gasteiger partial charge in [-0.3, -0.25) is 4.79 Å². The lowest BCUT2D eigenvalue weighted by Crippen LogP contribution is -2.16. The fraction of sp³-hybridized carbons (Fsp3) is 0.421. The van der Waals surface area contributed by atoms with E-state index in [0.29, 0.717) is 28.2 Å². The number of benzene rings is 1. The molecule has 0 radical (unpaired) electrons. The summed E-state index contributed by atoms with van der Waals surface area (Å²) in [6.45, 7) is 4.49. The van der Waals surface area contributed by atoms with E-state index in [1.54, 1.807) is 18.2 Å². The summed E-state index contributed by atoms with van der Waals surface area (Å²) in [5.74, 6) is 1.52. The molecule has 5 nitrogen and oxygen atoms in total. The Kier molecular flexibility index (Phi) is 7.21. The smallest absolute Gasteiger partial charge is 0.234 e. The van der Waals surface area contributed by atoms with Crippen molar-refractivity contribution in [1.82, 2.24) is 14.8 Å². The molecule has 0 bridgehead atoms. The molecule has 1 aromatic carbocycles. The van der Waals surface area contributed by atoms with Crippen molar-refractivity contribution in [3.63, 3.8) is 0 Å². The molecule has 2 aromatic rings. The summed E-state index contributed by atoms with van der Waals surface area (Å²) in [6, 6.07) is 4.98. The molecule has 1 N–H and O–H groups in total. The van der Waals surface area contributed by atoms with Crippen LogP contribution in [0.15, 0.2) is 36.0 Å². The largest absolute Gasteiger partial charge is 0.324 e. The van der Waals surface area contributed by atoms with E-state index in [1.165, 1.54) is 31.0 Å². The number of anilines is 1. The van der Waals surface area contributed by atoms with Gasteiger partial charge in [-0.15, -0.1) is 16.8 Å². The van der Waals surface area contributed by atoms with Gasteiger partial charge < -0.3 is 9.88 Å². The Morgan fingerprint density at radius 2 is 2.07 bits per heavy atom. The van der Waals surface area contributed by atoms with E-state index in [4.69, 9.17) is 23.2 Å². The molecule has 3 rings (SSSR count). The number of amides is 1. The highest BCUT2D eigenvalue weighted by molar-refractivity contribution is 7.99. The van der Waals surface area contributed by atoms with E-state index in [9.17, 15) is 4.79 Å². The Morgan fingerprint density at radius 3 is 2.78 bits per heavy atom. The monoisotopic (exact) mass is 424 g/mol. The fourth-order valence-electron chi connectivity index (χ4n) is 3.28. The van der Waals surface area contributed by atoms with Crippen molar-refractivity contribution < 1.29 is 4.79 Å². The van der Waals surface area contributed by atoms with Gasteiger partial charge in [-0.25, -0.2) is 0 Å². The highest BCUT2D eigenvalue weighted by Crippen LogP contribution is 2.33. The first-order valence-corrected chi connectivity index (χ1v) is 10.7. The molecule has 0 saturated heterocycles. The van der Waals surface area contributed by atoms with E-state index in [-0.39, 0.29) is 11.7 Å². The van der Waals surface area contributed by atoms with Crippen LogP contribution >= 0.6 is 35.0 Å². The van der Waals surface area contributed by atoms with Gasteiger partial charge in [-0.2, -0.15) is 0 Å². The number of carbonyl (C=O) groups is 1. The van der Waals surface area contributed by atoms with Gasteiger partial charge in [0.05, 0.1) is 16.5 Å². The van der Waals surface area contributed by atoms with Gasteiger partial charge >= 0.3 is 0 Å². The summed E-state index contributed by atoms with van der Waals surface area (Å²) in [5, 5.41) is 13.2. The van der Waals surface area contributed by atoms with Crippen molar-refractivity contribution in [2.75, 3.05) is 11.1 Å². The number of thioether (sulfide) groups is 1. The maximum atomic E-state index is 12.3. The summed E-state index contributed by atoms with van der Waals surface area (Å²) in [4.78, 5) is 12.3. The van der Waals surface area contributed by atoms with Crippen molar-refractivity contribution in [3.05, 3.63) is 46.7 Å². The molecule has 0 aliphatic heterocycles. The summed E-state index contributed by atoms with van der Waals surface area (Å²) in [5.41, 5.74) is 0.544. The molecule has 8 heteroatoms. The van der Waals surface area contributed by atoms with Crippen molar-refractivity contribution in [2.24, 2.45) is 0 Å². The number of nitrogens with one attached hydrogen (secondary N) is 1. The van der Waals surface area contributed by atoms with Crippen molar-refractivity contribution in [2.45, 2.75) is 49.7 Å². The zero-order valence-corrected chi connectivity index (χ0v) is 17.3. The number of hydrogen-bond donors (Lipinski definition) is 1. The summed E-state index contributed by atoms with van der Waals surface area (Å²) in [6.07, 6.45) is 7.90. The second-order valence-electron chi connectivity index (χ2n) is 6.54. The van der Waals surface area contributed by atoms with E-state index < -0.39 is 0 Å². The van der Waals surface area contributed by atoms with Crippen LogP contribution in [-0.2, 0) is 11.3 Å². The van der Waals surface area contributed by atoms with Crippen LogP contribution in [0.5, 0.6) is 0 Å². The normalized spacial score (nSPS) is 14.9. The minimum atomic E-state index is -0.156. The number of nitrogens with zero attached hydrogens (tertiary/aromatic N) is 3. The first kappa shape index (κ1) is 20.2. The second-order valence-corrected chi connectivity index (χ2v) is 8.32. The highest BCUT2D eigenvalue weighted by Gasteiger charge is 2.23. The van der Waals surface area contributed by atoms with Crippen molar-refractivity contribution >= 4 is 46.6 Å². The number of rotatable bonds is 7. The number of allylic oxidation sites excluding steroid dienone is 1. The Morgan fingerprint density at radius 1 is 1.30 bits per heavy atom. The minimum absolute atomic E-state index is 0.156. The van der Waals surface area contributed by atoms with Crippen LogP contribution < -0.4 is 5.32 Å². The molecule has 0 atom stereocenters. The number of hydrogen-bond acceptors (Lipinski definition) is 4. The molecule has 1 aromatic heterocycles. The molecular weight excluding hydrogens is 403 g/mol. The molecule has 1 aliphatic carbocycles. The van der Waals surface area contributed by atoms with Gasteiger partial charge in [0.25, 0.3) is 0 Å². The predicted molar refractivity (Wildman–Crippen MR) is 112 cm³/mol. The van der Waals surface area contributed by atoms with E-state index in [1.807, 2.05) is 6.08 Å². The van der Waals surface area contributed by atoms with Gasteiger partial charge in [0, 0.05) is 17.5 Å². The van der Waals surface area contributed by atoms with Crippen LogP contribution in [0.3, 0.4) is 0 Å². The third-order valence-electron chi connectivity index (χ3n) is 4.57. The lowest BCUT2D eigenvalue weighted by atomic mass is 9.89. The Labute approximate surface area is 173 Å². The molecule has 1 amide bonds. The Hall–Kier alpha value is -1.50. The average molecular weight is 425 g/mol. The molecule has 0 spiro atoms. The van der Waals surface area contributed by atoms with E-state index in [2.05, 4.69) is 26.7 Å². The molecule has 0 unspecified atom stereocenters. The summed E-state index contributed by atoms with van der Waals surface area (Å²) < 4.78 is 2.08. The minimum Gasteiger partial charge on any atom is -0.324 e. The third kappa shape index (κ3) is 5.27. The van der Waals surface area contributed by atoms with Crippen molar-refractivity contribution in [3.8, 4) is 0 Å². The molecule has 1 saturated carbocycles. The first-order valence-electron chi connectivity index (χ1n) is 9.00. The highest BCUT2D eigenvalue weighted by atomic mass is 35.5. The number of halogens is 2. The van der Waals surface area contributed by atoms with Crippen LogP contribution in [0.1, 0.15) is 43.8 Å². The standard InChI is InChI=1S/C19H22Cl2N4OS/c1-2-10-25-18(13-6-4-3-5-7-13)23-24-19(25)27-12-17(26)22-16-9-8-14(20)11-15(16)21/h2,8-9,11,13H,1,3-7,10,12H2,(H,22,26). The maximum Gasteiger partial charge on any atom is 0.234 e.